The molecule has 0 saturated heterocycles. The third-order valence-corrected chi connectivity index (χ3v) is 6.09. The Morgan fingerprint density at radius 1 is 1.07 bits per heavy atom. The van der Waals surface area contributed by atoms with E-state index in [1.807, 2.05) is 45.0 Å². The van der Waals surface area contributed by atoms with Crippen molar-refractivity contribution < 1.29 is 14.3 Å². The smallest absolute Gasteiger partial charge is 0.351 e. The minimum Gasteiger partial charge on any atom is -0.448 e. The Kier molecular flexibility index (Phi) is 6.58. The zero-order valence-electron chi connectivity index (χ0n) is 17.5. The Morgan fingerprint density at radius 2 is 1.67 bits per heavy atom. The summed E-state index contributed by atoms with van der Waals surface area (Å²) in [6.45, 7) is 9.18. The van der Waals surface area contributed by atoms with Gasteiger partial charge in [-0.3, -0.25) is 4.79 Å². The fourth-order valence-corrected chi connectivity index (χ4v) is 4.25. The number of aromatic nitrogens is 1. The molecule has 7 heteroatoms. The van der Waals surface area contributed by atoms with E-state index in [1.165, 1.54) is 11.3 Å². The normalized spacial score (nSPS) is 11.8. The number of ether oxygens (including phenoxy) is 1. The second-order valence-electron chi connectivity index (χ2n) is 7.25. The van der Waals surface area contributed by atoms with Crippen molar-refractivity contribution in [2.24, 2.45) is 0 Å². The first-order chi connectivity index (χ1) is 14.2. The molecule has 3 rings (SSSR count). The van der Waals surface area contributed by atoms with Crippen LogP contribution in [0.2, 0.25) is 5.02 Å². The molecule has 156 valence electrons. The van der Waals surface area contributed by atoms with E-state index in [9.17, 15) is 9.59 Å². The number of carbonyl (C=O) groups excluding carboxylic acids is 2. The van der Waals surface area contributed by atoms with Crippen LogP contribution in [0.5, 0.6) is 0 Å². The summed E-state index contributed by atoms with van der Waals surface area (Å²) in [6, 6.07) is 11.2. The first kappa shape index (κ1) is 22.0. The quantitative estimate of drug-likeness (QED) is 0.501. The highest BCUT2D eigenvalue weighted by molar-refractivity contribution is 7.17. The van der Waals surface area contributed by atoms with Crippen molar-refractivity contribution in [2.75, 3.05) is 5.32 Å². The van der Waals surface area contributed by atoms with Gasteiger partial charge < -0.3 is 10.1 Å². The first-order valence-corrected chi connectivity index (χ1v) is 10.7. The first-order valence-electron chi connectivity index (χ1n) is 9.48. The van der Waals surface area contributed by atoms with E-state index >= 15 is 0 Å². The molecular weight excluding hydrogens is 420 g/mol. The van der Waals surface area contributed by atoms with Gasteiger partial charge in [0.15, 0.2) is 6.10 Å². The highest BCUT2D eigenvalue weighted by Gasteiger charge is 2.24. The molecule has 1 aromatic heterocycles. The summed E-state index contributed by atoms with van der Waals surface area (Å²) in [6.07, 6.45) is -0.946. The van der Waals surface area contributed by atoms with Gasteiger partial charge in [-0.2, -0.15) is 0 Å². The number of halogens is 1. The predicted octanol–water partition coefficient (Wildman–Crippen LogP) is 5.88. The van der Waals surface area contributed by atoms with Gasteiger partial charge in [-0.05, 0) is 57.9 Å². The summed E-state index contributed by atoms with van der Waals surface area (Å²) in [4.78, 5) is 30.1. The van der Waals surface area contributed by atoms with E-state index in [0.29, 0.717) is 20.6 Å². The highest BCUT2D eigenvalue weighted by atomic mass is 35.5. The van der Waals surface area contributed by atoms with E-state index in [1.54, 1.807) is 26.0 Å². The van der Waals surface area contributed by atoms with Crippen LogP contribution in [0.1, 0.15) is 39.0 Å². The standard InChI is InChI=1S/C23H23ClN2O3S/c1-12-10-13(2)19(14(3)11-12)26-21(27)16(5)29-23(28)20-15(4)25-22(30-20)17-6-8-18(24)9-7-17/h6-11,16H,1-5H3,(H,26,27). The van der Waals surface area contributed by atoms with Gasteiger partial charge in [-0.25, -0.2) is 9.78 Å². The van der Waals surface area contributed by atoms with Crippen LogP contribution in [0.4, 0.5) is 5.69 Å². The van der Waals surface area contributed by atoms with Gasteiger partial charge in [0.1, 0.15) is 9.88 Å². The maximum absolute atomic E-state index is 12.7. The molecule has 0 bridgehead atoms. The Labute approximate surface area is 185 Å². The minimum atomic E-state index is -0.946. The molecular formula is C23H23ClN2O3S. The van der Waals surface area contributed by atoms with Crippen LogP contribution in [-0.4, -0.2) is 23.0 Å². The lowest BCUT2D eigenvalue weighted by Gasteiger charge is -2.16. The molecule has 0 aliphatic carbocycles. The molecule has 3 aromatic rings. The molecule has 1 atom stereocenters. The number of anilines is 1. The van der Waals surface area contributed by atoms with Crippen LogP contribution in [0.3, 0.4) is 0 Å². The Hall–Kier alpha value is -2.70. The van der Waals surface area contributed by atoms with Gasteiger partial charge in [0.05, 0.1) is 5.69 Å². The van der Waals surface area contributed by atoms with Gasteiger partial charge in [0.2, 0.25) is 0 Å². The molecule has 1 amide bonds. The number of esters is 1. The van der Waals surface area contributed by atoms with Crippen LogP contribution in [-0.2, 0) is 9.53 Å². The maximum Gasteiger partial charge on any atom is 0.351 e. The van der Waals surface area contributed by atoms with E-state index in [2.05, 4.69) is 10.3 Å². The third kappa shape index (κ3) is 4.89. The summed E-state index contributed by atoms with van der Waals surface area (Å²) >= 11 is 7.16. The van der Waals surface area contributed by atoms with Gasteiger partial charge >= 0.3 is 5.97 Å². The number of hydrogen-bond donors (Lipinski definition) is 1. The van der Waals surface area contributed by atoms with Gasteiger partial charge in [-0.1, -0.05) is 41.4 Å². The lowest BCUT2D eigenvalue weighted by molar-refractivity contribution is -0.123. The average Bonchev–Trinajstić information content (AvgIpc) is 3.06. The fourth-order valence-electron chi connectivity index (χ4n) is 3.17. The zero-order valence-corrected chi connectivity index (χ0v) is 19.1. The number of thiazole rings is 1. The van der Waals surface area contributed by atoms with Crippen LogP contribution < -0.4 is 5.32 Å². The highest BCUT2D eigenvalue weighted by Crippen LogP contribution is 2.29. The molecule has 0 aliphatic rings. The summed E-state index contributed by atoms with van der Waals surface area (Å²) in [5.41, 5.74) is 5.22. The van der Waals surface area contributed by atoms with Crippen molar-refractivity contribution in [2.45, 2.75) is 40.7 Å². The number of benzene rings is 2. The number of nitrogens with zero attached hydrogens (tertiary/aromatic N) is 1. The number of carbonyl (C=O) groups is 2. The number of rotatable bonds is 5. The molecule has 0 fully saturated rings. The SMILES string of the molecule is Cc1cc(C)c(NC(=O)C(C)OC(=O)c2sc(-c3ccc(Cl)cc3)nc2C)c(C)c1. The van der Waals surface area contributed by atoms with Crippen LogP contribution in [0, 0.1) is 27.7 Å². The molecule has 0 saturated carbocycles. The molecule has 1 N–H and O–H groups in total. The van der Waals surface area contributed by atoms with Crippen molar-refractivity contribution in [3.8, 4) is 10.6 Å². The number of hydrogen-bond acceptors (Lipinski definition) is 5. The molecule has 0 aliphatic heterocycles. The summed E-state index contributed by atoms with van der Waals surface area (Å²) < 4.78 is 5.42. The van der Waals surface area contributed by atoms with Crippen molar-refractivity contribution in [1.82, 2.24) is 4.98 Å². The summed E-state index contributed by atoms with van der Waals surface area (Å²) in [5, 5.41) is 4.20. The molecule has 2 aromatic carbocycles. The number of nitrogens with one attached hydrogen (secondary N) is 1. The largest absolute Gasteiger partial charge is 0.448 e. The van der Waals surface area contributed by atoms with E-state index < -0.39 is 12.1 Å². The summed E-state index contributed by atoms with van der Waals surface area (Å²) in [5.74, 6) is -0.941. The second kappa shape index (κ2) is 8.98. The third-order valence-electron chi connectivity index (χ3n) is 4.65. The lowest BCUT2D eigenvalue weighted by atomic mass is 10.0. The number of amides is 1. The van der Waals surface area contributed by atoms with Crippen LogP contribution in [0.15, 0.2) is 36.4 Å². The van der Waals surface area contributed by atoms with E-state index in [-0.39, 0.29) is 5.91 Å². The zero-order chi connectivity index (χ0) is 22.0. The average molecular weight is 443 g/mol. The van der Waals surface area contributed by atoms with Crippen molar-refractivity contribution in [3.05, 3.63) is 68.7 Å². The topological polar surface area (TPSA) is 68.3 Å². The van der Waals surface area contributed by atoms with E-state index in [0.717, 1.165) is 27.9 Å². The minimum absolute atomic E-state index is 0.376. The lowest BCUT2D eigenvalue weighted by Crippen LogP contribution is -2.30. The number of aryl methyl sites for hydroxylation is 4. The maximum atomic E-state index is 12.7. The molecule has 0 radical (unpaired) electrons. The molecule has 0 spiro atoms. The molecule has 30 heavy (non-hydrogen) atoms. The van der Waals surface area contributed by atoms with E-state index in [4.69, 9.17) is 16.3 Å². The fraction of sp³-hybridized carbons (Fsp3) is 0.261. The Balaban J connectivity index is 1.71. The van der Waals surface area contributed by atoms with Crippen LogP contribution in [0.25, 0.3) is 10.6 Å². The second-order valence-corrected chi connectivity index (χ2v) is 8.69. The molecule has 1 unspecified atom stereocenters. The predicted molar refractivity (Wildman–Crippen MR) is 121 cm³/mol. The van der Waals surface area contributed by atoms with Crippen LogP contribution >= 0.6 is 22.9 Å². The van der Waals surface area contributed by atoms with Gasteiger partial charge in [-0.15, -0.1) is 11.3 Å². The summed E-state index contributed by atoms with van der Waals surface area (Å²) in [7, 11) is 0. The Morgan fingerprint density at radius 3 is 2.27 bits per heavy atom. The monoisotopic (exact) mass is 442 g/mol. The van der Waals surface area contributed by atoms with Crippen molar-refractivity contribution in [3.63, 3.8) is 0 Å². The van der Waals surface area contributed by atoms with Crippen molar-refractivity contribution in [1.29, 1.82) is 0 Å². The van der Waals surface area contributed by atoms with Gasteiger partial charge in [0, 0.05) is 16.3 Å². The molecule has 1 heterocycles. The Bertz CT molecular complexity index is 1080. The molecule has 5 nitrogen and oxygen atoms in total. The van der Waals surface area contributed by atoms with Crippen molar-refractivity contribution >= 4 is 40.5 Å². The van der Waals surface area contributed by atoms with Gasteiger partial charge in [0.25, 0.3) is 5.91 Å².